The van der Waals surface area contributed by atoms with Gasteiger partial charge in [-0.05, 0) is 18.6 Å². The van der Waals surface area contributed by atoms with Crippen LogP contribution in [0.25, 0.3) is 11.2 Å². The number of fused-ring (bicyclic) bond motifs is 1. The number of pyridine rings is 1. The van der Waals surface area contributed by atoms with Crippen LogP contribution in [0.15, 0.2) is 36.0 Å². The molecule has 21 heavy (non-hydrogen) atoms. The smallest absolute Gasteiger partial charge is 0.165 e. The summed E-state index contributed by atoms with van der Waals surface area (Å²) < 4.78 is 1.99. The van der Waals surface area contributed by atoms with Crippen LogP contribution in [-0.4, -0.2) is 30.3 Å². The van der Waals surface area contributed by atoms with Gasteiger partial charge in [-0.3, -0.25) is 0 Å². The average Bonchev–Trinajstić information content (AvgIpc) is 2.90. The zero-order valence-corrected chi connectivity index (χ0v) is 12.7. The summed E-state index contributed by atoms with van der Waals surface area (Å²) in [6, 6.07) is 3.77. The zero-order valence-electron chi connectivity index (χ0n) is 11.1. The third-order valence-electron chi connectivity index (χ3n) is 2.92. The number of nitrogens with zero attached hydrogens (tertiary/aromatic N) is 5. The Bertz CT molecular complexity index is 742. The summed E-state index contributed by atoms with van der Waals surface area (Å²) in [4.78, 5) is 16.6. The third-order valence-corrected chi connectivity index (χ3v) is 4.18. The van der Waals surface area contributed by atoms with Gasteiger partial charge in [-0.25, -0.2) is 19.9 Å². The molecule has 0 saturated carbocycles. The molecule has 0 spiro atoms. The van der Waals surface area contributed by atoms with Crippen LogP contribution in [0.1, 0.15) is 6.42 Å². The van der Waals surface area contributed by atoms with Crippen molar-refractivity contribution < 1.29 is 0 Å². The average molecular weight is 321 g/mol. The highest BCUT2D eigenvalue weighted by atomic mass is 35.5. The zero-order chi connectivity index (χ0) is 14.7. The van der Waals surface area contributed by atoms with Gasteiger partial charge in [-0.15, -0.1) is 11.8 Å². The van der Waals surface area contributed by atoms with Crippen LogP contribution in [0.4, 0.5) is 5.82 Å². The van der Waals surface area contributed by atoms with E-state index in [4.69, 9.17) is 17.3 Å². The number of thioether (sulfide) groups is 1. The Labute approximate surface area is 130 Å². The van der Waals surface area contributed by atoms with E-state index in [-0.39, 0.29) is 0 Å². The van der Waals surface area contributed by atoms with Crippen molar-refractivity contribution in [2.75, 3.05) is 11.5 Å². The van der Waals surface area contributed by atoms with Crippen molar-refractivity contribution in [2.24, 2.45) is 0 Å². The largest absolute Gasteiger partial charge is 0.382 e. The van der Waals surface area contributed by atoms with Gasteiger partial charge < -0.3 is 10.3 Å². The highest BCUT2D eigenvalue weighted by Gasteiger charge is 2.07. The Morgan fingerprint density at radius 2 is 2.10 bits per heavy atom. The van der Waals surface area contributed by atoms with Gasteiger partial charge in [0.25, 0.3) is 0 Å². The van der Waals surface area contributed by atoms with Crippen molar-refractivity contribution in [1.82, 2.24) is 24.5 Å². The van der Waals surface area contributed by atoms with Gasteiger partial charge in [-0.2, -0.15) is 0 Å². The summed E-state index contributed by atoms with van der Waals surface area (Å²) >= 11 is 7.50. The summed E-state index contributed by atoms with van der Waals surface area (Å²) in [5.74, 6) is 1.37. The van der Waals surface area contributed by atoms with E-state index in [0.717, 1.165) is 29.4 Å². The first-order valence-corrected chi connectivity index (χ1v) is 7.76. The van der Waals surface area contributed by atoms with Crippen molar-refractivity contribution in [3.63, 3.8) is 0 Å². The Morgan fingerprint density at radius 3 is 2.90 bits per heavy atom. The minimum Gasteiger partial charge on any atom is -0.382 e. The van der Waals surface area contributed by atoms with Crippen LogP contribution in [0.3, 0.4) is 0 Å². The number of aromatic nitrogens is 5. The van der Waals surface area contributed by atoms with E-state index >= 15 is 0 Å². The van der Waals surface area contributed by atoms with E-state index in [1.54, 1.807) is 24.3 Å². The van der Waals surface area contributed by atoms with Gasteiger partial charge in [0, 0.05) is 18.5 Å². The van der Waals surface area contributed by atoms with Crippen molar-refractivity contribution in [2.45, 2.75) is 18.0 Å². The van der Waals surface area contributed by atoms with E-state index in [9.17, 15) is 0 Å². The third kappa shape index (κ3) is 3.25. The lowest BCUT2D eigenvalue weighted by atomic mass is 10.4. The predicted molar refractivity (Wildman–Crippen MR) is 84.3 cm³/mol. The number of hydrogen-bond acceptors (Lipinski definition) is 6. The van der Waals surface area contributed by atoms with Crippen LogP contribution in [0.2, 0.25) is 5.02 Å². The second kappa shape index (κ2) is 6.28. The topological polar surface area (TPSA) is 82.5 Å². The molecule has 0 aliphatic rings. The molecule has 0 aliphatic heterocycles. The number of nitrogens with two attached hydrogens (primary N) is 1. The minimum absolute atomic E-state index is 0.415. The molecule has 8 heteroatoms. The maximum absolute atomic E-state index is 5.80. The van der Waals surface area contributed by atoms with E-state index in [1.165, 1.54) is 6.33 Å². The van der Waals surface area contributed by atoms with Crippen LogP contribution in [-0.2, 0) is 6.54 Å². The van der Waals surface area contributed by atoms with Crippen molar-refractivity contribution in [3.8, 4) is 0 Å². The lowest BCUT2D eigenvalue weighted by Gasteiger charge is -2.04. The van der Waals surface area contributed by atoms with Gasteiger partial charge in [0.05, 0.1) is 16.4 Å². The van der Waals surface area contributed by atoms with E-state index < -0.39 is 0 Å². The summed E-state index contributed by atoms with van der Waals surface area (Å²) in [7, 11) is 0. The highest BCUT2D eigenvalue weighted by molar-refractivity contribution is 7.99. The van der Waals surface area contributed by atoms with E-state index in [1.807, 2.05) is 16.7 Å². The van der Waals surface area contributed by atoms with E-state index in [0.29, 0.717) is 16.4 Å². The van der Waals surface area contributed by atoms with E-state index in [2.05, 4.69) is 19.9 Å². The second-order valence-corrected chi connectivity index (χ2v) is 5.94. The molecule has 3 heterocycles. The quantitative estimate of drug-likeness (QED) is 0.575. The lowest BCUT2D eigenvalue weighted by molar-refractivity contribution is 0.696. The number of anilines is 1. The maximum Gasteiger partial charge on any atom is 0.165 e. The summed E-state index contributed by atoms with van der Waals surface area (Å²) in [5.41, 5.74) is 7.19. The molecule has 0 amide bonds. The molecule has 0 aliphatic carbocycles. The van der Waals surface area contributed by atoms with Gasteiger partial charge in [0.1, 0.15) is 11.8 Å². The SMILES string of the molecule is Nc1ncnc2c1ncn2CCCSc1ccc(Cl)cn1. The fourth-order valence-corrected chi connectivity index (χ4v) is 2.81. The number of imidazole rings is 1. The summed E-state index contributed by atoms with van der Waals surface area (Å²) in [5, 5.41) is 1.63. The van der Waals surface area contributed by atoms with Gasteiger partial charge in [-0.1, -0.05) is 11.6 Å². The highest BCUT2D eigenvalue weighted by Crippen LogP contribution is 2.19. The van der Waals surface area contributed by atoms with Crippen LogP contribution in [0.5, 0.6) is 0 Å². The monoisotopic (exact) mass is 320 g/mol. The first-order valence-electron chi connectivity index (χ1n) is 6.40. The summed E-state index contributed by atoms with van der Waals surface area (Å²) in [6.07, 6.45) is 5.85. The number of rotatable bonds is 5. The van der Waals surface area contributed by atoms with Gasteiger partial charge in [0.2, 0.25) is 0 Å². The second-order valence-electron chi connectivity index (χ2n) is 4.39. The van der Waals surface area contributed by atoms with Crippen LogP contribution in [0, 0.1) is 0 Å². The number of hydrogen-bond donors (Lipinski definition) is 1. The first kappa shape index (κ1) is 14.1. The van der Waals surface area contributed by atoms with Gasteiger partial charge in [0.15, 0.2) is 11.5 Å². The molecule has 0 saturated heterocycles. The molecule has 0 atom stereocenters. The number of nitrogen functional groups attached to an aromatic ring is 1. The molecule has 0 radical (unpaired) electrons. The fraction of sp³-hybridized carbons (Fsp3) is 0.231. The molecule has 3 aromatic rings. The minimum atomic E-state index is 0.415. The molecule has 0 fully saturated rings. The first-order chi connectivity index (χ1) is 10.2. The normalized spacial score (nSPS) is 11.1. The van der Waals surface area contributed by atoms with Crippen LogP contribution >= 0.6 is 23.4 Å². The number of aryl methyl sites for hydroxylation is 1. The molecule has 0 unspecified atom stereocenters. The molecule has 6 nitrogen and oxygen atoms in total. The Kier molecular flexibility index (Phi) is 4.21. The molecule has 0 bridgehead atoms. The molecule has 2 N–H and O–H groups in total. The molecule has 3 rings (SSSR count). The van der Waals surface area contributed by atoms with Gasteiger partial charge >= 0.3 is 0 Å². The standard InChI is InChI=1S/C13H13ClN6S/c14-9-2-3-10(16-6-9)21-5-1-4-20-8-19-11-12(15)17-7-18-13(11)20/h2-3,6-8H,1,4-5H2,(H2,15,17,18). The summed E-state index contributed by atoms with van der Waals surface area (Å²) in [6.45, 7) is 0.827. The maximum atomic E-state index is 5.80. The molecule has 0 aromatic carbocycles. The lowest BCUT2D eigenvalue weighted by Crippen LogP contribution is -2.00. The molecule has 108 valence electrons. The predicted octanol–water partition coefficient (Wildman–Crippen LogP) is 2.64. The number of halogens is 1. The van der Waals surface area contributed by atoms with Crippen LogP contribution < -0.4 is 5.73 Å². The molecular formula is C13H13ClN6S. The molecule has 3 aromatic heterocycles. The van der Waals surface area contributed by atoms with Crippen molar-refractivity contribution in [3.05, 3.63) is 36.0 Å². The molecular weight excluding hydrogens is 308 g/mol. The van der Waals surface area contributed by atoms with Crippen molar-refractivity contribution in [1.29, 1.82) is 0 Å². The Balaban J connectivity index is 1.57. The van der Waals surface area contributed by atoms with Crippen molar-refractivity contribution >= 4 is 40.3 Å². The Hall–Kier alpha value is -1.86. The Morgan fingerprint density at radius 1 is 1.19 bits per heavy atom. The fourth-order valence-electron chi connectivity index (χ4n) is 1.92.